The average molecular weight is 444 g/mol. The van der Waals surface area contributed by atoms with Crippen LogP contribution in [0.2, 0.25) is 0 Å². The zero-order valence-electron chi connectivity index (χ0n) is 18.1. The van der Waals surface area contributed by atoms with E-state index in [0.717, 1.165) is 0 Å². The van der Waals surface area contributed by atoms with E-state index in [4.69, 9.17) is 0 Å². The van der Waals surface area contributed by atoms with Gasteiger partial charge in [0.1, 0.15) is 17.4 Å². The molecule has 6 heteroatoms. The molecule has 0 bridgehead atoms. The van der Waals surface area contributed by atoms with Crippen LogP contribution in [0.4, 0.5) is 14.5 Å². The minimum atomic E-state index is -0.451. The third-order valence-electron chi connectivity index (χ3n) is 5.42. The molecule has 0 fully saturated rings. The Kier molecular flexibility index (Phi) is 6.54. The Morgan fingerprint density at radius 3 is 2.15 bits per heavy atom. The molecule has 166 valence electrons. The van der Waals surface area contributed by atoms with E-state index in [0.29, 0.717) is 39.8 Å². The zero-order chi connectivity index (χ0) is 23.4. The van der Waals surface area contributed by atoms with E-state index in [1.807, 2.05) is 0 Å². The van der Waals surface area contributed by atoms with Gasteiger partial charge in [-0.3, -0.25) is 9.59 Å². The molecule has 3 aromatic carbocycles. The highest BCUT2D eigenvalue weighted by molar-refractivity contribution is 5.97. The number of rotatable bonds is 7. The number of hydrogen-bond acceptors (Lipinski definition) is 3. The smallest absolute Gasteiger partial charge is 0.224 e. The molecule has 0 radical (unpaired) electrons. The van der Waals surface area contributed by atoms with Crippen molar-refractivity contribution in [2.24, 2.45) is 0 Å². The summed E-state index contributed by atoms with van der Waals surface area (Å²) in [5.41, 5.74) is 2.47. The highest BCUT2D eigenvalue weighted by Crippen LogP contribution is 2.36. The fourth-order valence-corrected chi connectivity index (χ4v) is 3.65. The van der Waals surface area contributed by atoms with Crippen molar-refractivity contribution in [2.75, 3.05) is 5.32 Å². The van der Waals surface area contributed by atoms with Crippen molar-refractivity contribution in [3.63, 3.8) is 0 Å². The van der Waals surface area contributed by atoms with E-state index in [1.54, 1.807) is 67.6 Å². The molecule has 0 unspecified atom stereocenters. The van der Waals surface area contributed by atoms with Crippen LogP contribution >= 0.6 is 0 Å². The van der Waals surface area contributed by atoms with Gasteiger partial charge in [0.05, 0.1) is 11.2 Å². The molecule has 1 N–H and O–H groups in total. The maximum Gasteiger partial charge on any atom is 0.224 e. The second kappa shape index (κ2) is 9.69. The van der Waals surface area contributed by atoms with Crippen LogP contribution in [0.15, 0.2) is 72.8 Å². The summed E-state index contributed by atoms with van der Waals surface area (Å²) in [5, 5.41) is 3.45. The molecule has 1 heterocycles. The number of benzene rings is 3. The quantitative estimate of drug-likeness (QED) is 0.352. The minimum Gasteiger partial charge on any atom is -0.326 e. The first-order chi connectivity index (χ1) is 16.0. The number of ketones is 1. The maximum atomic E-state index is 14.7. The lowest BCUT2D eigenvalue weighted by Gasteiger charge is -2.14. The molecule has 0 aliphatic rings. The number of amides is 1. The number of halogens is 2. The second-order valence-electron chi connectivity index (χ2n) is 7.69. The second-order valence-corrected chi connectivity index (χ2v) is 7.69. The number of carbonyl (C=O) groups is 2. The lowest BCUT2D eigenvalue weighted by molar-refractivity contribution is -0.122. The van der Waals surface area contributed by atoms with E-state index >= 15 is 0 Å². The van der Waals surface area contributed by atoms with Crippen molar-refractivity contribution in [1.82, 2.24) is 4.98 Å². The number of nitrogens with zero attached hydrogens (tertiary/aromatic N) is 1. The summed E-state index contributed by atoms with van der Waals surface area (Å²) in [6.45, 7) is 1.76. The first-order valence-corrected chi connectivity index (χ1v) is 10.7. The number of carbonyl (C=O) groups excluding carboxylic acids is 2. The van der Waals surface area contributed by atoms with E-state index < -0.39 is 11.6 Å². The molecule has 0 atom stereocenters. The molecule has 33 heavy (non-hydrogen) atoms. The first kappa shape index (κ1) is 22.3. The monoisotopic (exact) mass is 444 g/mol. The van der Waals surface area contributed by atoms with Gasteiger partial charge < -0.3 is 5.32 Å². The topological polar surface area (TPSA) is 59.1 Å². The fourth-order valence-electron chi connectivity index (χ4n) is 3.65. The van der Waals surface area contributed by atoms with Crippen LogP contribution in [0.25, 0.3) is 33.3 Å². The first-order valence-electron chi connectivity index (χ1n) is 10.7. The lowest BCUT2D eigenvalue weighted by Crippen LogP contribution is -2.13. The van der Waals surface area contributed by atoms with Crippen molar-refractivity contribution in [3.05, 3.63) is 84.4 Å². The zero-order valence-corrected chi connectivity index (χ0v) is 18.1. The van der Waals surface area contributed by atoms with Crippen molar-refractivity contribution in [3.8, 4) is 22.4 Å². The van der Waals surface area contributed by atoms with Gasteiger partial charge in [0.2, 0.25) is 5.91 Å². The van der Waals surface area contributed by atoms with Crippen LogP contribution in [0.3, 0.4) is 0 Å². The molecule has 0 saturated carbocycles. The lowest BCUT2D eigenvalue weighted by atomic mass is 9.96. The highest BCUT2D eigenvalue weighted by atomic mass is 19.1. The molecule has 0 spiro atoms. The van der Waals surface area contributed by atoms with E-state index in [2.05, 4.69) is 10.3 Å². The van der Waals surface area contributed by atoms with Gasteiger partial charge in [0.15, 0.2) is 0 Å². The Labute approximate surface area is 190 Å². The summed E-state index contributed by atoms with van der Waals surface area (Å²) in [6.07, 6.45) is 0.703. The van der Waals surface area contributed by atoms with Crippen molar-refractivity contribution in [2.45, 2.75) is 26.2 Å². The van der Waals surface area contributed by atoms with Gasteiger partial charge in [-0.2, -0.15) is 0 Å². The Morgan fingerprint density at radius 2 is 1.48 bits per heavy atom. The standard InChI is InChI=1S/C27H22F2N2O2/c1-2-19(32)12-14-26(33)30-18-11-13-25-17(15-18)16-22(20-7-3-5-9-23(20)28)27(31-25)21-8-4-6-10-24(21)29/h3-11,13,15-16H,2,12,14H2,1H3,(H,30,33). The number of aromatic nitrogens is 1. The van der Waals surface area contributed by atoms with Crippen LogP contribution in [0, 0.1) is 11.6 Å². The number of pyridine rings is 1. The summed E-state index contributed by atoms with van der Waals surface area (Å²) in [4.78, 5) is 28.3. The van der Waals surface area contributed by atoms with Gasteiger partial charge in [-0.1, -0.05) is 37.3 Å². The van der Waals surface area contributed by atoms with Gasteiger partial charge in [-0.25, -0.2) is 13.8 Å². The Balaban J connectivity index is 1.78. The van der Waals surface area contributed by atoms with Gasteiger partial charge >= 0.3 is 0 Å². The summed E-state index contributed by atoms with van der Waals surface area (Å²) in [6, 6.07) is 19.4. The summed E-state index contributed by atoms with van der Waals surface area (Å²) in [7, 11) is 0. The number of nitrogens with one attached hydrogen (secondary N) is 1. The predicted octanol–water partition coefficient (Wildman–Crippen LogP) is 6.54. The molecule has 1 amide bonds. The van der Waals surface area contributed by atoms with E-state index in [1.165, 1.54) is 12.1 Å². The number of Topliss-reactive ketones (excluding diaryl/α,β-unsaturated/α-hetero) is 1. The Bertz CT molecular complexity index is 1350. The molecule has 4 rings (SSSR count). The maximum absolute atomic E-state index is 14.7. The van der Waals surface area contributed by atoms with E-state index in [-0.39, 0.29) is 30.1 Å². The molecule has 0 aliphatic heterocycles. The largest absolute Gasteiger partial charge is 0.326 e. The van der Waals surface area contributed by atoms with Crippen LogP contribution < -0.4 is 5.32 Å². The molecule has 0 saturated heterocycles. The molecule has 1 aromatic heterocycles. The van der Waals surface area contributed by atoms with Gasteiger partial charge in [0, 0.05) is 47.0 Å². The number of anilines is 1. The molecule has 4 nitrogen and oxygen atoms in total. The fraction of sp³-hybridized carbons (Fsp3) is 0.148. The van der Waals surface area contributed by atoms with Crippen LogP contribution in [-0.2, 0) is 9.59 Å². The van der Waals surface area contributed by atoms with Crippen molar-refractivity contribution < 1.29 is 18.4 Å². The third-order valence-corrected chi connectivity index (χ3v) is 5.42. The summed E-state index contributed by atoms with van der Waals surface area (Å²) in [5.74, 6) is -1.13. The normalized spacial score (nSPS) is 10.9. The summed E-state index contributed by atoms with van der Waals surface area (Å²) >= 11 is 0. The average Bonchev–Trinajstić information content (AvgIpc) is 2.82. The van der Waals surface area contributed by atoms with E-state index in [9.17, 15) is 18.4 Å². The number of fused-ring (bicyclic) bond motifs is 1. The molecular formula is C27H22F2N2O2. The Hall–Kier alpha value is -3.93. The van der Waals surface area contributed by atoms with Crippen LogP contribution in [-0.4, -0.2) is 16.7 Å². The van der Waals surface area contributed by atoms with Crippen LogP contribution in [0.1, 0.15) is 26.2 Å². The predicted molar refractivity (Wildman–Crippen MR) is 126 cm³/mol. The molecule has 4 aromatic rings. The van der Waals surface area contributed by atoms with Crippen LogP contribution in [0.5, 0.6) is 0 Å². The SMILES string of the molecule is CCC(=O)CCC(=O)Nc1ccc2nc(-c3ccccc3F)c(-c3ccccc3F)cc2c1. The molecule has 0 aliphatic carbocycles. The molecular weight excluding hydrogens is 422 g/mol. The van der Waals surface area contributed by atoms with Gasteiger partial charge in [-0.05, 0) is 42.5 Å². The van der Waals surface area contributed by atoms with Gasteiger partial charge in [-0.15, -0.1) is 0 Å². The van der Waals surface area contributed by atoms with Gasteiger partial charge in [0.25, 0.3) is 0 Å². The number of hydrogen-bond donors (Lipinski definition) is 1. The highest BCUT2D eigenvalue weighted by Gasteiger charge is 2.17. The Morgan fingerprint density at radius 1 is 0.818 bits per heavy atom. The minimum absolute atomic E-state index is 0.0306. The van der Waals surface area contributed by atoms with Crippen molar-refractivity contribution >= 4 is 28.3 Å². The third kappa shape index (κ3) is 4.95. The summed E-state index contributed by atoms with van der Waals surface area (Å²) < 4.78 is 29.3. The van der Waals surface area contributed by atoms with Crippen molar-refractivity contribution in [1.29, 1.82) is 0 Å².